The zero-order chi connectivity index (χ0) is 15.6. The van der Waals surface area contributed by atoms with Crippen molar-refractivity contribution in [3.8, 4) is 0 Å². The molecule has 0 aromatic carbocycles. The fraction of sp³-hybridized carbons (Fsp3) is 0.400. The van der Waals surface area contributed by atoms with E-state index in [1.54, 1.807) is 31.0 Å². The molecule has 1 amide bonds. The minimum absolute atomic E-state index is 0.100. The number of pyridine rings is 1. The molecule has 5 nitrogen and oxygen atoms in total. The van der Waals surface area contributed by atoms with Crippen molar-refractivity contribution < 1.29 is 4.79 Å². The van der Waals surface area contributed by atoms with E-state index in [0.29, 0.717) is 22.9 Å². The average molecular weight is 307 g/mol. The number of hydrogen-bond donors (Lipinski definition) is 2. The second-order valence-corrected chi connectivity index (χ2v) is 5.81. The number of carbonyl (C=O) groups excluding carboxylic acids is 1. The van der Waals surface area contributed by atoms with Crippen LogP contribution in [0, 0.1) is 11.3 Å². The van der Waals surface area contributed by atoms with Crippen molar-refractivity contribution in [1.29, 1.82) is 5.41 Å². The smallest absolute Gasteiger partial charge is 0.272 e. The molecular weight excluding hydrogens is 288 g/mol. The number of halogens is 1. The summed E-state index contributed by atoms with van der Waals surface area (Å²) in [5.74, 6) is 0.541. The van der Waals surface area contributed by atoms with Crippen molar-refractivity contribution >= 4 is 23.2 Å². The highest BCUT2D eigenvalue weighted by Crippen LogP contribution is 2.29. The van der Waals surface area contributed by atoms with E-state index < -0.39 is 0 Å². The Morgan fingerprint density at radius 2 is 2.19 bits per heavy atom. The van der Waals surface area contributed by atoms with E-state index >= 15 is 0 Å². The predicted octanol–water partition coefficient (Wildman–Crippen LogP) is 2.36. The van der Waals surface area contributed by atoms with Crippen LogP contribution in [0.3, 0.4) is 0 Å². The number of nitrogens with two attached hydrogens (primary N) is 1. The van der Waals surface area contributed by atoms with Gasteiger partial charge in [-0.2, -0.15) is 0 Å². The van der Waals surface area contributed by atoms with Gasteiger partial charge in [0.15, 0.2) is 0 Å². The molecular formula is C15H19ClN4O. The van der Waals surface area contributed by atoms with E-state index in [-0.39, 0.29) is 16.7 Å². The van der Waals surface area contributed by atoms with Gasteiger partial charge >= 0.3 is 0 Å². The highest BCUT2D eigenvalue weighted by molar-refractivity contribution is 6.46. The molecule has 0 saturated heterocycles. The molecule has 3 N–H and O–H groups in total. The number of rotatable bonds is 5. The first-order valence-electron chi connectivity index (χ1n) is 6.82. The molecule has 1 heterocycles. The first-order chi connectivity index (χ1) is 9.90. The standard InChI is InChI=1S/C15H19ClN4O/c1-9(17)13(16)14(18)11-5-6-12(19-7-11)15(21)20(2)8-10-3-4-10/h5-7,10,18H,3-4,8,17H2,1-2H3/b13-9+,18-14?. The van der Waals surface area contributed by atoms with E-state index in [9.17, 15) is 4.79 Å². The maximum Gasteiger partial charge on any atom is 0.272 e. The maximum atomic E-state index is 12.2. The van der Waals surface area contributed by atoms with Crippen LogP contribution in [-0.2, 0) is 0 Å². The van der Waals surface area contributed by atoms with Crippen LogP contribution in [0.15, 0.2) is 29.1 Å². The lowest BCUT2D eigenvalue weighted by atomic mass is 10.1. The minimum Gasteiger partial charge on any atom is -0.401 e. The molecule has 112 valence electrons. The zero-order valence-electron chi connectivity index (χ0n) is 12.2. The highest BCUT2D eigenvalue weighted by Gasteiger charge is 2.25. The molecule has 1 saturated carbocycles. The average Bonchev–Trinajstić information content (AvgIpc) is 3.28. The molecule has 0 radical (unpaired) electrons. The third-order valence-corrected chi connectivity index (χ3v) is 3.90. The van der Waals surface area contributed by atoms with Crippen LogP contribution in [0.2, 0.25) is 0 Å². The largest absolute Gasteiger partial charge is 0.401 e. The lowest BCUT2D eigenvalue weighted by molar-refractivity contribution is 0.0783. The third kappa shape index (κ3) is 3.82. The summed E-state index contributed by atoms with van der Waals surface area (Å²) in [5, 5.41) is 8.12. The molecule has 0 spiro atoms. The Hall–Kier alpha value is -1.88. The number of hydrogen-bond acceptors (Lipinski definition) is 4. The van der Waals surface area contributed by atoms with Crippen LogP contribution in [0.4, 0.5) is 0 Å². The van der Waals surface area contributed by atoms with Crippen molar-refractivity contribution in [2.45, 2.75) is 19.8 Å². The van der Waals surface area contributed by atoms with Gasteiger partial charge in [0.1, 0.15) is 5.69 Å². The lowest BCUT2D eigenvalue weighted by Crippen LogP contribution is -2.29. The Morgan fingerprint density at radius 1 is 1.52 bits per heavy atom. The van der Waals surface area contributed by atoms with Crippen LogP contribution in [0.25, 0.3) is 0 Å². The molecule has 0 aliphatic heterocycles. The number of amides is 1. The first kappa shape index (κ1) is 15.5. The van der Waals surface area contributed by atoms with E-state index in [4.69, 9.17) is 22.7 Å². The Balaban J connectivity index is 2.09. The van der Waals surface area contributed by atoms with Crippen LogP contribution in [-0.4, -0.2) is 35.1 Å². The van der Waals surface area contributed by atoms with Crippen molar-refractivity contribution in [1.82, 2.24) is 9.88 Å². The molecule has 1 aromatic rings. The van der Waals surface area contributed by atoms with Gasteiger partial charge in [0.05, 0.1) is 10.7 Å². The summed E-state index contributed by atoms with van der Waals surface area (Å²) in [7, 11) is 1.79. The molecule has 1 fully saturated rings. The number of nitrogens with one attached hydrogen (secondary N) is 1. The fourth-order valence-electron chi connectivity index (χ4n) is 1.96. The summed E-state index contributed by atoms with van der Waals surface area (Å²) in [6, 6.07) is 3.28. The number of nitrogens with zero attached hydrogens (tertiary/aromatic N) is 2. The summed E-state index contributed by atoms with van der Waals surface area (Å²) in [6.45, 7) is 2.41. The van der Waals surface area contributed by atoms with Gasteiger partial charge in [-0.3, -0.25) is 15.2 Å². The Kier molecular flexibility index (Phi) is 4.63. The minimum atomic E-state index is -0.100. The zero-order valence-corrected chi connectivity index (χ0v) is 12.9. The van der Waals surface area contributed by atoms with Gasteiger partial charge in [-0.15, -0.1) is 0 Å². The molecule has 1 aliphatic carbocycles. The summed E-state index contributed by atoms with van der Waals surface area (Å²) >= 11 is 5.94. The fourth-order valence-corrected chi connectivity index (χ4v) is 2.07. The second-order valence-electron chi connectivity index (χ2n) is 5.43. The SMILES string of the molecule is C/C(N)=C(\Cl)C(=N)c1ccc(C(=O)N(C)CC2CC2)nc1. The van der Waals surface area contributed by atoms with E-state index in [2.05, 4.69) is 4.98 Å². The first-order valence-corrected chi connectivity index (χ1v) is 7.20. The van der Waals surface area contributed by atoms with Crippen molar-refractivity contribution in [3.05, 3.63) is 40.3 Å². The van der Waals surface area contributed by atoms with Crippen molar-refractivity contribution in [3.63, 3.8) is 0 Å². The molecule has 1 aromatic heterocycles. The van der Waals surface area contributed by atoms with Gasteiger partial charge in [-0.25, -0.2) is 0 Å². The highest BCUT2D eigenvalue weighted by atomic mass is 35.5. The van der Waals surface area contributed by atoms with Crippen LogP contribution in [0.1, 0.15) is 35.8 Å². The van der Waals surface area contributed by atoms with Crippen molar-refractivity contribution in [2.75, 3.05) is 13.6 Å². The molecule has 1 aliphatic rings. The topological polar surface area (TPSA) is 83.1 Å². The van der Waals surface area contributed by atoms with Crippen LogP contribution in [0.5, 0.6) is 0 Å². The Labute approximate surface area is 129 Å². The molecule has 0 bridgehead atoms. The third-order valence-electron chi connectivity index (χ3n) is 3.41. The van der Waals surface area contributed by atoms with Crippen LogP contribution >= 0.6 is 11.6 Å². The van der Waals surface area contributed by atoms with Crippen molar-refractivity contribution in [2.24, 2.45) is 11.7 Å². The normalized spacial score (nSPS) is 15.4. The quantitative estimate of drug-likeness (QED) is 0.819. The van der Waals surface area contributed by atoms with E-state index in [0.717, 1.165) is 6.54 Å². The summed E-state index contributed by atoms with van der Waals surface area (Å²) in [6.07, 6.45) is 3.88. The number of allylic oxidation sites excluding steroid dienone is 2. The Morgan fingerprint density at radius 3 is 2.67 bits per heavy atom. The Bertz CT molecular complexity index is 586. The summed E-state index contributed by atoms with van der Waals surface area (Å²) in [5.41, 5.74) is 6.96. The maximum absolute atomic E-state index is 12.2. The molecule has 6 heteroatoms. The van der Waals surface area contributed by atoms with Gasteiger partial charge in [0, 0.05) is 31.0 Å². The number of aromatic nitrogens is 1. The summed E-state index contributed by atoms with van der Waals surface area (Å²) < 4.78 is 0. The summed E-state index contributed by atoms with van der Waals surface area (Å²) in [4.78, 5) is 18.0. The predicted molar refractivity (Wildman–Crippen MR) is 83.5 cm³/mol. The van der Waals surface area contributed by atoms with Gasteiger partial charge in [-0.1, -0.05) is 11.6 Å². The molecule has 0 unspecified atom stereocenters. The lowest BCUT2D eigenvalue weighted by Gasteiger charge is -2.16. The van der Waals surface area contributed by atoms with E-state index in [1.165, 1.54) is 19.0 Å². The van der Waals surface area contributed by atoms with E-state index in [1.807, 2.05) is 0 Å². The van der Waals surface area contributed by atoms with Gasteiger partial charge < -0.3 is 10.6 Å². The van der Waals surface area contributed by atoms with Gasteiger partial charge in [0.25, 0.3) is 5.91 Å². The molecule has 21 heavy (non-hydrogen) atoms. The molecule has 0 atom stereocenters. The van der Waals surface area contributed by atoms with Gasteiger partial charge in [0.2, 0.25) is 0 Å². The monoisotopic (exact) mass is 306 g/mol. The molecule has 2 rings (SSSR count). The number of carbonyl (C=O) groups is 1. The van der Waals surface area contributed by atoms with Gasteiger partial charge in [-0.05, 0) is 37.8 Å². The second kappa shape index (κ2) is 6.26. The van der Waals surface area contributed by atoms with Crippen LogP contribution < -0.4 is 5.73 Å².